The van der Waals surface area contributed by atoms with Gasteiger partial charge in [-0.15, -0.1) is 0 Å². The van der Waals surface area contributed by atoms with Crippen LogP contribution in [0.15, 0.2) is 48.7 Å². The fourth-order valence-corrected chi connectivity index (χ4v) is 2.00. The Morgan fingerprint density at radius 3 is 2.78 bits per heavy atom. The van der Waals surface area contributed by atoms with Gasteiger partial charge in [0.15, 0.2) is 0 Å². The second-order valence-electron chi connectivity index (χ2n) is 4.09. The number of anilines is 1. The van der Waals surface area contributed by atoms with Gasteiger partial charge in [-0.05, 0) is 42.5 Å². The topological polar surface area (TPSA) is 40.7 Å². The minimum absolute atomic E-state index is 0.734. The van der Waals surface area contributed by atoms with Gasteiger partial charge in [-0.25, -0.2) is 0 Å². The maximum absolute atomic E-state index is 5.84. The summed E-state index contributed by atoms with van der Waals surface area (Å²) < 4.78 is 0. The van der Waals surface area contributed by atoms with E-state index in [9.17, 15) is 0 Å². The number of halogens is 1. The van der Waals surface area contributed by atoms with Crippen LogP contribution >= 0.6 is 11.6 Å². The number of hydrogen-bond acceptors (Lipinski definition) is 2. The number of aromatic amines is 1. The smallest absolute Gasteiger partial charge is 0.0882 e. The summed E-state index contributed by atoms with van der Waals surface area (Å²) in [5.74, 6) is 0. The third-order valence-electron chi connectivity index (χ3n) is 2.77. The average molecular weight is 258 g/mol. The summed E-state index contributed by atoms with van der Waals surface area (Å²) in [7, 11) is 0. The number of hydrogen-bond donors (Lipinski definition) is 2. The molecule has 0 spiro atoms. The molecule has 18 heavy (non-hydrogen) atoms. The fourth-order valence-electron chi connectivity index (χ4n) is 1.87. The van der Waals surface area contributed by atoms with Crippen molar-refractivity contribution in [1.29, 1.82) is 0 Å². The molecule has 0 unspecified atom stereocenters. The van der Waals surface area contributed by atoms with Crippen LogP contribution in [0.3, 0.4) is 0 Å². The largest absolute Gasteiger partial charge is 0.379 e. The molecule has 3 rings (SSSR count). The average Bonchev–Trinajstić information content (AvgIpc) is 2.81. The lowest BCUT2D eigenvalue weighted by atomic mass is 10.3. The number of rotatable bonds is 3. The van der Waals surface area contributed by atoms with E-state index in [2.05, 4.69) is 21.4 Å². The maximum atomic E-state index is 5.84. The molecule has 3 aromatic rings. The molecule has 4 heteroatoms. The molecular formula is C14H12ClN3. The Morgan fingerprint density at radius 1 is 1.17 bits per heavy atom. The zero-order valence-corrected chi connectivity index (χ0v) is 10.4. The molecule has 3 nitrogen and oxygen atoms in total. The Morgan fingerprint density at radius 2 is 2.00 bits per heavy atom. The van der Waals surface area contributed by atoms with Gasteiger partial charge in [-0.1, -0.05) is 11.6 Å². The lowest BCUT2D eigenvalue weighted by Gasteiger charge is -2.04. The van der Waals surface area contributed by atoms with Crippen LogP contribution in [0.4, 0.5) is 5.69 Å². The fraction of sp³-hybridized carbons (Fsp3) is 0.0714. The van der Waals surface area contributed by atoms with E-state index in [1.165, 1.54) is 0 Å². The Balaban J connectivity index is 1.74. The predicted octanol–water partition coefficient (Wildman–Crippen LogP) is 3.83. The van der Waals surface area contributed by atoms with Gasteiger partial charge in [0.05, 0.1) is 17.6 Å². The van der Waals surface area contributed by atoms with Gasteiger partial charge < -0.3 is 10.3 Å². The zero-order valence-electron chi connectivity index (χ0n) is 9.65. The van der Waals surface area contributed by atoms with Crippen molar-refractivity contribution in [3.63, 3.8) is 0 Å². The predicted molar refractivity (Wildman–Crippen MR) is 74.9 cm³/mol. The molecule has 0 radical (unpaired) electrons. The van der Waals surface area contributed by atoms with Crippen molar-refractivity contribution in [3.8, 4) is 0 Å². The van der Waals surface area contributed by atoms with Crippen molar-refractivity contribution in [1.82, 2.24) is 9.97 Å². The number of fused-ring (bicyclic) bond motifs is 1. The van der Waals surface area contributed by atoms with Crippen LogP contribution in [0.5, 0.6) is 0 Å². The van der Waals surface area contributed by atoms with E-state index in [0.29, 0.717) is 0 Å². The van der Waals surface area contributed by atoms with E-state index in [1.807, 2.05) is 36.4 Å². The molecule has 2 N–H and O–H groups in total. The van der Waals surface area contributed by atoms with Gasteiger partial charge in [0.2, 0.25) is 0 Å². The number of nitrogens with one attached hydrogen (secondary N) is 2. The molecule has 1 aromatic carbocycles. The van der Waals surface area contributed by atoms with Crippen LogP contribution in [0.1, 0.15) is 5.69 Å². The molecule has 0 saturated heterocycles. The molecule has 0 saturated carbocycles. The summed E-state index contributed by atoms with van der Waals surface area (Å²) >= 11 is 5.84. The molecule has 0 aliphatic carbocycles. The van der Waals surface area contributed by atoms with Gasteiger partial charge in [-0.2, -0.15) is 0 Å². The van der Waals surface area contributed by atoms with Gasteiger partial charge >= 0.3 is 0 Å². The first kappa shape index (κ1) is 11.1. The van der Waals surface area contributed by atoms with Crippen molar-refractivity contribution in [2.24, 2.45) is 0 Å². The number of H-pyrrole nitrogens is 1. The van der Waals surface area contributed by atoms with E-state index in [-0.39, 0.29) is 0 Å². The first-order valence-corrected chi connectivity index (χ1v) is 6.11. The van der Waals surface area contributed by atoms with Crippen molar-refractivity contribution in [2.75, 3.05) is 5.32 Å². The van der Waals surface area contributed by atoms with Gasteiger partial charge in [0.25, 0.3) is 0 Å². The lowest BCUT2D eigenvalue weighted by molar-refractivity contribution is 1.09. The van der Waals surface area contributed by atoms with Crippen LogP contribution < -0.4 is 5.32 Å². The highest BCUT2D eigenvalue weighted by molar-refractivity contribution is 6.30. The molecule has 0 amide bonds. The highest BCUT2D eigenvalue weighted by atomic mass is 35.5. The summed E-state index contributed by atoms with van der Waals surface area (Å²) in [6.45, 7) is 0.734. The summed E-state index contributed by atoms with van der Waals surface area (Å²) in [6, 6.07) is 13.7. The highest BCUT2D eigenvalue weighted by Gasteiger charge is 2.00. The first-order valence-electron chi connectivity index (χ1n) is 5.73. The number of nitrogens with zero attached hydrogens (tertiary/aromatic N) is 1. The normalized spacial score (nSPS) is 10.7. The Labute approximate surface area is 110 Å². The van der Waals surface area contributed by atoms with Gasteiger partial charge in [0.1, 0.15) is 0 Å². The van der Waals surface area contributed by atoms with Gasteiger partial charge in [0, 0.05) is 22.6 Å². The lowest BCUT2D eigenvalue weighted by Crippen LogP contribution is -1.98. The van der Waals surface area contributed by atoms with Crippen LogP contribution in [0.2, 0.25) is 5.02 Å². The standard InChI is InChI=1S/C14H12ClN3/c15-10-3-5-11(6-4-10)17-9-12-8-14-13(18-12)2-1-7-16-14/h1-8,17-18H,9H2. The molecule has 0 atom stereocenters. The molecule has 2 aromatic heterocycles. The molecule has 0 aliphatic rings. The van der Waals surface area contributed by atoms with Crippen molar-refractivity contribution < 1.29 is 0 Å². The van der Waals surface area contributed by atoms with E-state index < -0.39 is 0 Å². The van der Waals surface area contributed by atoms with Crippen LogP contribution in [0.25, 0.3) is 11.0 Å². The third-order valence-corrected chi connectivity index (χ3v) is 3.02. The zero-order chi connectivity index (χ0) is 12.4. The Hall–Kier alpha value is -2.00. The quantitative estimate of drug-likeness (QED) is 0.749. The van der Waals surface area contributed by atoms with Crippen LogP contribution in [-0.2, 0) is 6.54 Å². The summed E-state index contributed by atoms with van der Waals surface area (Å²) in [5.41, 5.74) is 4.21. The third kappa shape index (κ3) is 2.31. The molecular weight excluding hydrogens is 246 g/mol. The van der Waals surface area contributed by atoms with Crippen molar-refractivity contribution in [2.45, 2.75) is 6.54 Å². The monoisotopic (exact) mass is 257 g/mol. The summed E-state index contributed by atoms with van der Waals surface area (Å²) in [4.78, 5) is 7.62. The SMILES string of the molecule is Clc1ccc(NCc2cc3ncccc3[nH]2)cc1. The molecule has 0 bridgehead atoms. The summed E-state index contributed by atoms with van der Waals surface area (Å²) in [5, 5.41) is 4.08. The van der Waals surface area contributed by atoms with E-state index in [4.69, 9.17) is 11.6 Å². The second kappa shape index (κ2) is 4.70. The van der Waals surface area contributed by atoms with Crippen molar-refractivity contribution >= 4 is 28.3 Å². The molecule has 0 aliphatic heterocycles. The Bertz CT molecular complexity index is 625. The number of benzene rings is 1. The van der Waals surface area contributed by atoms with E-state index >= 15 is 0 Å². The first-order chi connectivity index (χ1) is 8.81. The minimum Gasteiger partial charge on any atom is -0.379 e. The molecule has 2 heterocycles. The van der Waals surface area contributed by atoms with E-state index in [0.717, 1.165) is 34.0 Å². The molecule has 90 valence electrons. The number of pyridine rings is 1. The van der Waals surface area contributed by atoms with Gasteiger partial charge in [-0.3, -0.25) is 4.98 Å². The second-order valence-corrected chi connectivity index (χ2v) is 4.53. The van der Waals surface area contributed by atoms with Crippen LogP contribution in [0, 0.1) is 0 Å². The summed E-state index contributed by atoms with van der Waals surface area (Å²) in [6.07, 6.45) is 1.80. The van der Waals surface area contributed by atoms with Crippen molar-refractivity contribution in [3.05, 3.63) is 59.4 Å². The Kier molecular flexibility index (Phi) is 2.90. The minimum atomic E-state index is 0.734. The number of aromatic nitrogens is 2. The van der Waals surface area contributed by atoms with Crippen LogP contribution in [-0.4, -0.2) is 9.97 Å². The van der Waals surface area contributed by atoms with E-state index in [1.54, 1.807) is 6.20 Å². The maximum Gasteiger partial charge on any atom is 0.0882 e. The molecule has 0 fully saturated rings. The highest BCUT2D eigenvalue weighted by Crippen LogP contribution is 2.16.